The molecule has 1 aromatic heterocycles. The molecule has 0 amide bonds. The molecule has 2 heterocycles. The number of aromatic nitrogens is 2. The Morgan fingerprint density at radius 1 is 1.26 bits per heavy atom. The molecule has 0 atom stereocenters. The van der Waals surface area contributed by atoms with Crippen molar-refractivity contribution < 1.29 is 13.7 Å². The zero-order chi connectivity index (χ0) is 13.2. The molecule has 100 valence electrons. The highest BCUT2D eigenvalue weighted by Gasteiger charge is 2.19. The second kappa shape index (κ2) is 4.85. The molecule has 0 bridgehead atoms. The number of hydrogen-bond acceptors (Lipinski definition) is 6. The van der Waals surface area contributed by atoms with Gasteiger partial charge in [-0.15, -0.1) is 0 Å². The van der Waals surface area contributed by atoms with Crippen molar-refractivity contribution in [2.45, 2.75) is 0 Å². The van der Waals surface area contributed by atoms with Crippen LogP contribution in [0.25, 0.3) is 11.5 Å². The Labute approximate surface area is 109 Å². The number of nitrogens with zero attached hydrogens (tertiary/aromatic N) is 3. The Kier molecular flexibility index (Phi) is 3.04. The molecule has 2 N–H and O–H groups in total. The molecule has 0 spiro atoms. The van der Waals surface area contributed by atoms with Crippen molar-refractivity contribution in [3.63, 3.8) is 0 Å². The minimum absolute atomic E-state index is 0.221. The number of ether oxygens (including phenoxy) is 1. The lowest BCUT2D eigenvalue weighted by Crippen LogP contribution is -2.36. The molecule has 2 aromatic rings. The van der Waals surface area contributed by atoms with Crippen LogP contribution >= 0.6 is 0 Å². The molecule has 19 heavy (non-hydrogen) atoms. The third kappa shape index (κ3) is 2.37. The number of anilines is 2. The number of nitrogens with two attached hydrogens (primary N) is 1. The first-order chi connectivity index (χ1) is 9.24. The minimum atomic E-state index is -0.393. The number of halogens is 1. The monoisotopic (exact) mass is 264 g/mol. The summed E-state index contributed by atoms with van der Waals surface area (Å²) in [6.45, 7) is 2.67. The molecule has 0 saturated carbocycles. The molecule has 6 nitrogen and oxygen atoms in total. The van der Waals surface area contributed by atoms with E-state index in [4.69, 9.17) is 15.0 Å². The molecular weight excluding hydrogens is 251 g/mol. The molecule has 3 rings (SSSR count). The summed E-state index contributed by atoms with van der Waals surface area (Å²) >= 11 is 0. The van der Waals surface area contributed by atoms with Crippen molar-refractivity contribution in [1.82, 2.24) is 10.1 Å². The van der Waals surface area contributed by atoms with E-state index in [1.165, 1.54) is 18.2 Å². The fraction of sp³-hybridized carbons (Fsp3) is 0.333. The van der Waals surface area contributed by atoms with Crippen molar-refractivity contribution in [3.05, 3.63) is 24.0 Å². The van der Waals surface area contributed by atoms with Crippen LogP contribution in [0.3, 0.4) is 0 Å². The van der Waals surface area contributed by atoms with Crippen LogP contribution in [-0.4, -0.2) is 36.4 Å². The topological polar surface area (TPSA) is 77.4 Å². The Morgan fingerprint density at radius 2 is 2.05 bits per heavy atom. The van der Waals surface area contributed by atoms with Gasteiger partial charge in [0.1, 0.15) is 5.82 Å². The highest BCUT2D eigenvalue weighted by Crippen LogP contribution is 2.26. The van der Waals surface area contributed by atoms with Crippen LogP contribution in [0.1, 0.15) is 0 Å². The van der Waals surface area contributed by atoms with Gasteiger partial charge in [0.25, 0.3) is 11.8 Å². The van der Waals surface area contributed by atoms with Gasteiger partial charge < -0.3 is 19.9 Å². The van der Waals surface area contributed by atoms with E-state index in [2.05, 4.69) is 10.1 Å². The molecule has 1 fully saturated rings. The van der Waals surface area contributed by atoms with Crippen LogP contribution in [0, 0.1) is 5.82 Å². The second-order valence-electron chi connectivity index (χ2n) is 4.23. The standard InChI is InChI=1S/C12H13FN4O2/c13-8-1-2-10(14)9(7-8)11-15-12(16-19-11)17-3-5-18-6-4-17/h1-2,7H,3-6,14H2. The zero-order valence-corrected chi connectivity index (χ0v) is 10.2. The molecular formula is C12H13FN4O2. The average molecular weight is 264 g/mol. The summed E-state index contributed by atoms with van der Waals surface area (Å²) in [5.74, 6) is 0.302. The van der Waals surface area contributed by atoms with E-state index in [-0.39, 0.29) is 5.89 Å². The summed E-state index contributed by atoms with van der Waals surface area (Å²) < 4.78 is 23.6. The fourth-order valence-electron chi connectivity index (χ4n) is 1.93. The summed E-state index contributed by atoms with van der Waals surface area (Å²) in [6, 6.07) is 4.05. The van der Waals surface area contributed by atoms with E-state index in [1.54, 1.807) is 0 Å². The van der Waals surface area contributed by atoms with Gasteiger partial charge in [-0.25, -0.2) is 4.39 Å². The van der Waals surface area contributed by atoms with E-state index in [0.717, 1.165) is 0 Å². The van der Waals surface area contributed by atoms with E-state index in [9.17, 15) is 4.39 Å². The quantitative estimate of drug-likeness (QED) is 0.824. The van der Waals surface area contributed by atoms with Crippen LogP contribution in [-0.2, 0) is 4.74 Å². The van der Waals surface area contributed by atoms with Crippen molar-refractivity contribution in [3.8, 4) is 11.5 Å². The Hall–Kier alpha value is -2.15. The van der Waals surface area contributed by atoms with E-state index >= 15 is 0 Å². The Morgan fingerprint density at radius 3 is 2.84 bits per heavy atom. The lowest BCUT2D eigenvalue weighted by atomic mass is 10.2. The third-order valence-corrected chi connectivity index (χ3v) is 2.95. The Balaban J connectivity index is 1.89. The number of hydrogen-bond donors (Lipinski definition) is 1. The summed E-state index contributed by atoms with van der Waals surface area (Å²) in [6.07, 6.45) is 0. The first kappa shape index (κ1) is 11.9. The number of morpholine rings is 1. The van der Waals surface area contributed by atoms with E-state index < -0.39 is 5.82 Å². The molecule has 0 aliphatic carbocycles. The highest BCUT2D eigenvalue weighted by molar-refractivity contribution is 5.70. The van der Waals surface area contributed by atoms with Gasteiger partial charge in [0.05, 0.1) is 18.8 Å². The van der Waals surface area contributed by atoms with E-state index in [1.807, 2.05) is 4.90 Å². The van der Waals surface area contributed by atoms with Crippen molar-refractivity contribution in [2.24, 2.45) is 0 Å². The maximum Gasteiger partial charge on any atom is 0.266 e. The van der Waals surface area contributed by atoms with Crippen LogP contribution in [0.15, 0.2) is 22.7 Å². The SMILES string of the molecule is Nc1ccc(F)cc1-c1nc(N2CCOCC2)no1. The second-order valence-corrected chi connectivity index (χ2v) is 4.23. The van der Waals surface area contributed by atoms with E-state index in [0.29, 0.717) is 43.5 Å². The van der Waals surface area contributed by atoms with Crippen molar-refractivity contribution >= 4 is 11.6 Å². The maximum absolute atomic E-state index is 13.2. The predicted molar refractivity (Wildman–Crippen MR) is 67.1 cm³/mol. The largest absolute Gasteiger partial charge is 0.398 e. The van der Waals surface area contributed by atoms with Gasteiger partial charge in [-0.05, 0) is 23.4 Å². The average Bonchev–Trinajstić information content (AvgIpc) is 2.92. The molecule has 1 saturated heterocycles. The summed E-state index contributed by atoms with van der Waals surface area (Å²) in [7, 11) is 0. The summed E-state index contributed by atoms with van der Waals surface area (Å²) in [5, 5.41) is 3.89. The summed E-state index contributed by atoms with van der Waals surface area (Å²) in [5.41, 5.74) is 6.59. The maximum atomic E-state index is 13.2. The van der Waals surface area contributed by atoms with Crippen LogP contribution in [0.4, 0.5) is 16.0 Å². The zero-order valence-electron chi connectivity index (χ0n) is 10.2. The third-order valence-electron chi connectivity index (χ3n) is 2.95. The highest BCUT2D eigenvalue weighted by atomic mass is 19.1. The van der Waals surface area contributed by atoms with Gasteiger partial charge in [0, 0.05) is 18.8 Å². The van der Waals surface area contributed by atoms with Gasteiger partial charge in [-0.1, -0.05) is 0 Å². The van der Waals surface area contributed by atoms with Gasteiger partial charge in [0.15, 0.2) is 0 Å². The van der Waals surface area contributed by atoms with Crippen molar-refractivity contribution in [2.75, 3.05) is 36.9 Å². The van der Waals surface area contributed by atoms with Crippen molar-refractivity contribution in [1.29, 1.82) is 0 Å². The molecule has 1 aliphatic heterocycles. The first-order valence-electron chi connectivity index (χ1n) is 5.96. The lowest BCUT2D eigenvalue weighted by molar-refractivity contribution is 0.121. The van der Waals surface area contributed by atoms with Gasteiger partial charge in [0.2, 0.25) is 0 Å². The van der Waals surface area contributed by atoms with Crippen LogP contribution in [0.5, 0.6) is 0 Å². The molecule has 0 unspecified atom stereocenters. The molecule has 1 aromatic carbocycles. The normalized spacial score (nSPS) is 15.7. The van der Waals surface area contributed by atoms with Crippen LogP contribution in [0.2, 0.25) is 0 Å². The van der Waals surface area contributed by atoms with Crippen LogP contribution < -0.4 is 10.6 Å². The molecule has 0 radical (unpaired) electrons. The minimum Gasteiger partial charge on any atom is -0.398 e. The number of nitrogen functional groups attached to an aromatic ring is 1. The smallest absolute Gasteiger partial charge is 0.266 e. The predicted octanol–water partition coefficient (Wildman–Crippen LogP) is 1.29. The van der Waals surface area contributed by atoms with Gasteiger partial charge in [-0.3, -0.25) is 0 Å². The Bertz CT molecular complexity index is 581. The van der Waals surface area contributed by atoms with Gasteiger partial charge in [-0.2, -0.15) is 4.98 Å². The summed E-state index contributed by atoms with van der Waals surface area (Å²) in [4.78, 5) is 6.20. The molecule has 7 heteroatoms. The lowest BCUT2D eigenvalue weighted by Gasteiger charge is -2.24. The number of rotatable bonds is 2. The van der Waals surface area contributed by atoms with Gasteiger partial charge >= 0.3 is 0 Å². The number of benzene rings is 1. The fourth-order valence-corrected chi connectivity index (χ4v) is 1.93. The first-order valence-corrected chi connectivity index (χ1v) is 5.96. The molecule has 1 aliphatic rings.